The Kier molecular flexibility index (Phi) is 4.91. The molecule has 2 heterocycles. The van der Waals surface area contributed by atoms with E-state index in [0.717, 1.165) is 43.9 Å². The molecule has 28 heavy (non-hydrogen) atoms. The van der Waals surface area contributed by atoms with Crippen LogP contribution in [0.3, 0.4) is 0 Å². The molecule has 7 nitrogen and oxygen atoms in total. The zero-order valence-electron chi connectivity index (χ0n) is 16.5. The fourth-order valence-electron chi connectivity index (χ4n) is 4.51. The lowest BCUT2D eigenvalue weighted by molar-refractivity contribution is -0.114. The van der Waals surface area contributed by atoms with Gasteiger partial charge in [0.05, 0.1) is 0 Å². The van der Waals surface area contributed by atoms with Gasteiger partial charge in [0.1, 0.15) is 5.82 Å². The van der Waals surface area contributed by atoms with Gasteiger partial charge >= 0.3 is 0 Å². The van der Waals surface area contributed by atoms with Crippen LogP contribution >= 0.6 is 0 Å². The molecule has 2 N–H and O–H groups in total. The molecule has 1 saturated heterocycles. The van der Waals surface area contributed by atoms with Crippen LogP contribution in [0.1, 0.15) is 67.5 Å². The summed E-state index contributed by atoms with van der Waals surface area (Å²) in [4.78, 5) is 30.9. The minimum atomic E-state index is -0.123. The molecule has 2 aromatic rings. The number of nitrogens with one attached hydrogen (secondary N) is 2. The number of anilines is 1. The molecule has 2 fully saturated rings. The van der Waals surface area contributed by atoms with Crippen LogP contribution in [0.25, 0.3) is 0 Å². The first-order valence-corrected chi connectivity index (χ1v) is 10.1. The summed E-state index contributed by atoms with van der Waals surface area (Å²) >= 11 is 0. The number of nitrogens with zero attached hydrogens (tertiary/aromatic N) is 3. The van der Waals surface area contributed by atoms with Crippen molar-refractivity contribution in [2.24, 2.45) is 5.41 Å². The zero-order chi connectivity index (χ0) is 19.7. The lowest BCUT2D eigenvalue weighted by Crippen LogP contribution is -2.38. The smallest absolute Gasteiger partial charge is 0.253 e. The Bertz CT molecular complexity index is 869. The summed E-state index contributed by atoms with van der Waals surface area (Å²) in [5, 5.41) is 10.3. The largest absolute Gasteiger partial charge is 0.337 e. The monoisotopic (exact) mass is 381 g/mol. The van der Waals surface area contributed by atoms with Gasteiger partial charge in [-0.25, -0.2) is 4.98 Å². The molecule has 1 aliphatic carbocycles. The Morgan fingerprint density at radius 3 is 2.64 bits per heavy atom. The number of aryl methyl sites for hydroxylation is 1. The number of benzene rings is 1. The molecule has 148 valence electrons. The lowest BCUT2D eigenvalue weighted by Gasteiger charge is -2.41. The van der Waals surface area contributed by atoms with Crippen molar-refractivity contribution in [2.75, 3.05) is 18.4 Å². The van der Waals surface area contributed by atoms with Crippen LogP contribution in [0.2, 0.25) is 0 Å². The Hall–Kier alpha value is -2.70. The Morgan fingerprint density at radius 2 is 2.04 bits per heavy atom. The van der Waals surface area contributed by atoms with Gasteiger partial charge in [0.15, 0.2) is 5.82 Å². The second-order valence-electron chi connectivity index (χ2n) is 8.10. The lowest BCUT2D eigenvalue weighted by atomic mass is 9.62. The Morgan fingerprint density at radius 1 is 1.29 bits per heavy atom. The maximum absolute atomic E-state index is 13.1. The quantitative estimate of drug-likeness (QED) is 0.832. The van der Waals surface area contributed by atoms with Crippen molar-refractivity contribution in [3.05, 3.63) is 41.5 Å². The molecule has 2 amide bonds. The van der Waals surface area contributed by atoms with Crippen LogP contribution in [0, 0.1) is 5.41 Å². The van der Waals surface area contributed by atoms with E-state index in [0.29, 0.717) is 17.8 Å². The highest BCUT2D eigenvalue weighted by Crippen LogP contribution is 2.55. The van der Waals surface area contributed by atoms with E-state index < -0.39 is 0 Å². The summed E-state index contributed by atoms with van der Waals surface area (Å²) in [5.74, 6) is 1.91. The molecule has 7 heteroatoms. The SMILES string of the molecule is CCCc1nc(C2CN(C(=O)c3ccc(NC(C)=O)cc3)CC23CCC3)n[nH]1. The van der Waals surface area contributed by atoms with E-state index in [4.69, 9.17) is 4.98 Å². The molecule has 1 saturated carbocycles. The molecule has 1 atom stereocenters. The zero-order valence-corrected chi connectivity index (χ0v) is 16.5. The van der Waals surface area contributed by atoms with E-state index in [9.17, 15) is 9.59 Å². The topological polar surface area (TPSA) is 91.0 Å². The minimum Gasteiger partial charge on any atom is -0.337 e. The van der Waals surface area contributed by atoms with Gasteiger partial charge < -0.3 is 10.2 Å². The Labute approximate surface area is 164 Å². The first-order valence-electron chi connectivity index (χ1n) is 10.1. The predicted molar refractivity (Wildman–Crippen MR) is 106 cm³/mol. The van der Waals surface area contributed by atoms with Gasteiger partial charge in [-0.2, -0.15) is 5.10 Å². The number of hydrogen-bond acceptors (Lipinski definition) is 4. The molecule has 1 aromatic carbocycles. The first-order chi connectivity index (χ1) is 13.5. The first kappa shape index (κ1) is 18.7. The maximum Gasteiger partial charge on any atom is 0.253 e. The summed E-state index contributed by atoms with van der Waals surface area (Å²) in [6.45, 7) is 5.02. The third-order valence-corrected chi connectivity index (χ3v) is 6.08. The Balaban J connectivity index is 1.51. The highest BCUT2D eigenvalue weighted by atomic mass is 16.2. The second-order valence-corrected chi connectivity index (χ2v) is 8.10. The van der Waals surface area contributed by atoms with Gasteiger partial charge in [-0.3, -0.25) is 14.7 Å². The van der Waals surface area contributed by atoms with E-state index in [1.54, 1.807) is 24.3 Å². The van der Waals surface area contributed by atoms with Crippen molar-refractivity contribution in [1.29, 1.82) is 0 Å². The van der Waals surface area contributed by atoms with E-state index >= 15 is 0 Å². The molecule has 1 spiro atoms. The fraction of sp³-hybridized carbons (Fsp3) is 0.524. The molecule has 2 aliphatic rings. The highest BCUT2D eigenvalue weighted by Gasteiger charge is 2.53. The van der Waals surface area contributed by atoms with E-state index in [1.807, 2.05) is 4.90 Å². The number of aromatic nitrogens is 3. The standard InChI is InChI=1S/C21H27N5O2/c1-3-5-18-23-19(25-24-18)17-12-26(13-21(17)10-4-11-21)20(28)15-6-8-16(9-7-15)22-14(2)27/h6-9,17H,3-5,10-13H2,1-2H3,(H,22,27)(H,23,24,25). The molecule has 1 aromatic heterocycles. The van der Waals surface area contributed by atoms with Crippen molar-refractivity contribution >= 4 is 17.5 Å². The molecule has 0 bridgehead atoms. The van der Waals surface area contributed by atoms with Crippen LogP contribution in [0.4, 0.5) is 5.69 Å². The number of hydrogen-bond donors (Lipinski definition) is 2. The van der Waals surface area contributed by atoms with E-state index in [1.165, 1.54) is 13.3 Å². The third kappa shape index (κ3) is 3.41. The number of H-pyrrole nitrogens is 1. The normalized spacial score (nSPS) is 20.2. The number of carbonyl (C=O) groups is 2. The van der Waals surface area contributed by atoms with Gasteiger partial charge in [0, 0.05) is 43.6 Å². The van der Waals surface area contributed by atoms with Crippen molar-refractivity contribution in [1.82, 2.24) is 20.1 Å². The van der Waals surface area contributed by atoms with Gasteiger partial charge in [0.25, 0.3) is 5.91 Å². The number of carbonyl (C=O) groups excluding carboxylic acids is 2. The van der Waals surface area contributed by atoms with Gasteiger partial charge in [-0.1, -0.05) is 13.3 Å². The second kappa shape index (κ2) is 7.37. The molecule has 0 radical (unpaired) electrons. The summed E-state index contributed by atoms with van der Waals surface area (Å²) in [5.41, 5.74) is 1.46. The van der Waals surface area contributed by atoms with Crippen molar-refractivity contribution in [2.45, 2.75) is 51.9 Å². The van der Waals surface area contributed by atoms with Crippen molar-refractivity contribution in [3.8, 4) is 0 Å². The van der Waals surface area contributed by atoms with Crippen LogP contribution in [-0.4, -0.2) is 45.0 Å². The highest BCUT2D eigenvalue weighted by molar-refractivity contribution is 5.95. The average molecular weight is 381 g/mol. The summed E-state index contributed by atoms with van der Waals surface area (Å²) < 4.78 is 0. The van der Waals surface area contributed by atoms with Crippen molar-refractivity contribution in [3.63, 3.8) is 0 Å². The van der Waals surface area contributed by atoms with Gasteiger partial charge in [-0.15, -0.1) is 0 Å². The third-order valence-electron chi connectivity index (χ3n) is 6.08. The van der Waals surface area contributed by atoms with Crippen LogP contribution in [0.5, 0.6) is 0 Å². The van der Waals surface area contributed by atoms with Crippen LogP contribution in [-0.2, 0) is 11.2 Å². The number of aromatic amines is 1. The van der Waals surface area contributed by atoms with Crippen LogP contribution in [0.15, 0.2) is 24.3 Å². The molecule has 1 unspecified atom stereocenters. The summed E-state index contributed by atoms with van der Waals surface area (Å²) in [7, 11) is 0. The van der Waals surface area contributed by atoms with E-state index in [2.05, 4.69) is 22.4 Å². The van der Waals surface area contributed by atoms with E-state index in [-0.39, 0.29) is 23.1 Å². The average Bonchev–Trinajstić information content (AvgIpc) is 3.26. The van der Waals surface area contributed by atoms with Crippen molar-refractivity contribution < 1.29 is 9.59 Å². The maximum atomic E-state index is 13.1. The number of rotatable bonds is 5. The molecular weight excluding hydrogens is 354 g/mol. The molecular formula is C21H27N5O2. The predicted octanol–water partition coefficient (Wildman–Crippen LogP) is 3.13. The molecule has 4 rings (SSSR count). The summed E-state index contributed by atoms with van der Waals surface area (Å²) in [6, 6.07) is 7.10. The van der Waals surface area contributed by atoms with Gasteiger partial charge in [0.2, 0.25) is 5.91 Å². The minimum absolute atomic E-state index is 0.0347. The summed E-state index contributed by atoms with van der Waals surface area (Å²) in [6.07, 6.45) is 5.39. The van der Waals surface area contributed by atoms with Crippen LogP contribution < -0.4 is 5.32 Å². The number of amides is 2. The van der Waals surface area contributed by atoms with Gasteiger partial charge in [-0.05, 0) is 48.9 Å². The molecule has 1 aliphatic heterocycles. The fourth-order valence-corrected chi connectivity index (χ4v) is 4.51. The number of likely N-dealkylation sites (tertiary alicyclic amines) is 1.